The van der Waals surface area contributed by atoms with Crippen LogP contribution in [0.1, 0.15) is 37.0 Å². The minimum absolute atomic E-state index is 0.147. The van der Waals surface area contributed by atoms with Crippen molar-refractivity contribution in [3.05, 3.63) is 55.3 Å². The van der Waals surface area contributed by atoms with Crippen LogP contribution in [-0.2, 0) is 17.8 Å². The number of hydrogen-bond acceptors (Lipinski definition) is 7. The third kappa shape index (κ3) is 4.84. The van der Waals surface area contributed by atoms with Crippen molar-refractivity contribution >= 4 is 46.4 Å². The normalized spacial score (nSPS) is 11.1. The van der Waals surface area contributed by atoms with Gasteiger partial charge in [0.15, 0.2) is 0 Å². The molecule has 0 aromatic carbocycles. The summed E-state index contributed by atoms with van der Waals surface area (Å²) in [5.74, 6) is -1.54. The van der Waals surface area contributed by atoms with Crippen molar-refractivity contribution in [2.24, 2.45) is 0 Å². The number of ether oxygens (including phenoxy) is 1. The monoisotopic (exact) mass is 472 g/mol. The lowest BCUT2D eigenvalue weighted by Gasteiger charge is -2.21. The average molecular weight is 473 g/mol. The Morgan fingerprint density at radius 1 is 1.40 bits per heavy atom. The van der Waals surface area contributed by atoms with Crippen molar-refractivity contribution in [2.45, 2.75) is 20.0 Å². The highest BCUT2D eigenvalue weighted by Crippen LogP contribution is 2.37. The van der Waals surface area contributed by atoms with Crippen LogP contribution in [-0.4, -0.2) is 57.1 Å². The van der Waals surface area contributed by atoms with Gasteiger partial charge in [-0.15, -0.1) is 16.4 Å². The lowest BCUT2D eigenvalue weighted by atomic mass is 10.2. The average Bonchev–Trinajstić information content (AvgIpc) is 3.42. The summed E-state index contributed by atoms with van der Waals surface area (Å²) < 4.78 is 11.9. The summed E-state index contributed by atoms with van der Waals surface area (Å²) >= 11 is 13.3. The highest BCUT2D eigenvalue weighted by atomic mass is 35.5. The zero-order chi connectivity index (χ0) is 21.8. The lowest BCUT2D eigenvalue weighted by Crippen LogP contribution is -2.33. The highest BCUT2D eigenvalue weighted by Gasteiger charge is 2.24. The van der Waals surface area contributed by atoms with E-state index >= 15 is 0 Å². The molecule has 0 saturated carbocycles. The number of carboxylic acid groups (broad SMARTS) is 1. The number of aromatic nitrogens is 3. The molecule has 1 N–H and O–H groups in total. The van der Waals surface area contributed by atoms with Gasteiger partial charge in [0.2, 0.25) is 5.76 Å². The maximum absolute atomic E-state index is 13.1. The first kappa shape index (κ1) is 22.3. The zero-order valence-electron chi connectivity index (χ0n) is 16.1. The van der Waals surface area contributed by atoms with Crippen molar-refractivity contribution in [3.63, 3.8) is 0 Å². The van der Waals surface area contributed by atoms with E-state index < -0.39 is 5.97 Å². The Balaban J connectivity index is 1.77. The van der Waals surface area contributed by atoms with Crippen molar-refractivity contribution in [3.8, 4) is 0 Å². The number of furan rings is 1. The fraction of sp³-hybridized carbons (Fsp3) is 0.333. The predicted molar refractivity (Wildman–Crippen MR) is 110 cm³/mol. The Morgan fingerprint density at radius 2 is 2.17 bits per heavy atom. The number of rotatable bonds is 9. The maximum Gasteiger partial charge on any atom is 0.372 e. The van der Waals surface area contributed by atoms with E-state index in [1.165, 1.54) is 10.9 Å². The van der Waals surface area contributed by atoms with Crippen LogP contribution in [0, 0.1) is 6.92 Å². The fourth-order valence-corrected chi connectivity index (χ4v) is 4.30. The van der Waals surface area contributed by atoms with E-state index in [-0.39, 0.29) is 24.8 Å². The van der Waals surface area contributed by atoms with Crippen molar-refractivity contribution in [1.29, 1.82) is 0 Å². The Morgan fingerprint density at radius 3 is 2.80 bits per heavy atom. The van der Waals surface area contributed by atoms with E-state index in [0.29, 0.717) is 44.2 Å². The van der Waals surface area contributed by atoms with Gasteiger partial charge in [-0.2, -0.15) is 0 Å². The number of methoxy groups -OCH3 is 1. The minimum atomic E-state index is -1.16. The van der Waals surface area contributed by atoms with Crippen LogP contribution in [0.4, 0.5) is 0 Å². The third-order valence-corrected chi connectivity index (χ3v) is 6.46. The van der Waals surface area contributed by atoms with Crippen molar-refractivity contribution in [1.82, 2.24) is 19.9 Å². The SMILES string of the molecule is COCCN(Cc1cn(Cc2ccoc2C(=O)O)nn1)C(=O)c1sc(Cl)c(Cl)c1C. The molecule has 1 amide bonds. The number of amides is 1. The molecule has 12 heteroatoms. The molecular formula is C18H18Cl2N4O5S. The maximum atomic E-state index is 13.1. The first-order chi connectivity index (χ1) is 14.3. The topological polar surface area (TPSA) is 111 Å². The lowest BCUT2D eigenvalue weighted by molar-refractivity contribution is 0.0658. The molecule has 0 bridgehead atoms. The summed E-state index contributed by atoms with van der Waals surface area (Å²) in [5.41, 5.74) is 1.62. The molecule has 0 saturated heterocycles. The number of carbonyl (C=O) groups is 2. The van der Waals surface area contributed by atoms with Crippen LogP contribution in [0.3, 0.4) is 0 Å². The second-order valence-corrected chi connectivity index (χ2v) is 8.35. The molecule has 3 rings (SSSR count). The number of carbonyl (C=O) groups excluding carboxylic acids is 1. The fourth-order valence-electron chi connectivity index (χ4n) is 2.77. The molecule has 0 radical (unpaired) electrons. The molecule has 3 aromatic rings. The molecule has 0 aliphatic rings. The van der Waals surface area contributed by atoms with Gasteiger partial charge in [0.1, 0.15) is 10.0 Å². The molecule has 0 aliphatic heterocycles. The van der Waals surface area contributed by atoms with Crippen molar-refractivity contribution < 1.29 is 23.8 Å². The molecular weight excluding hydrogens is 455 g/mol. The number of hydrogen-bond donors (Lipinski definition) is 1. The molecule has 160 valence electrons. The van der Waals surface area contributed by atoms with Gasteiger partial charge in [-0.3, -0.25) is 4.79 Å². The number of aromatic carboxylic acids is 1. The Hall–Kier alpha value is -2.40. The van der Waals surface area contributed by atoms with Crippen LogP contribution in [0.15, 0.2) is 22.9 Å². The summed E-state index contributed by atoms with van der Waals surface area (Å²) in [7, 11) is 1.55. The Kier molecular flexibility index (Phi) is 7.14. The first-order valence-corrected chi connectivity index (χ1v) is 10.3. The quantitative estimate of drug-likeness (QED) is 0.506. The predicted octanol–water partition coefficient (Wildman–Crippen LogP) is 3.58. The molecule has 0 atom stereocenters. The second-order valence-electron chi connectivity index (χ2n) is 6.35. The van der Waals surface area contributed by atoms with Gasteiger partial charge in [0.25, 0.3) is 5.91 Å². The minimum Gasteiger partial charge on any atom is -0.475 e. The van der Waals surface area contributed by atoms with E-state index in [4.69, 9.17) is 37.5 Å². The Labute approximate surface area is 185 Å². The van der Waals surface area contributed by atoms with Gasteiger partial charge in [-0.05, 0) is 18.6 Å². The van der Waals surface area contributed by atoms with Gasteiger partial charge in [0, 0.05) is 19.2 Å². The first-order valence-electron chi connectivity index (χ1n) is 8.73. The standard InChI is InChI=1S/C18H18Cl2N4O5S/c1-10-13(19)16(20)30-15(10)17(25)23(4-6-28-2)8-12-9-24(22-21-12)7-11-3-5-29-14(11)18(26)27/h3,5,9H,4,6-8H2,1-2H3,(H,26,27). The number of nitrogens with zero attached hydrogens (tertiary/aromatic N) is 4. The number of carboxylic acids is 1. The van der Waals surface area contributed by atoms with Gasteiger partial charge < -0.3 is 19.2 Å². The number of halogens is 2. The van der Waals surface area contributed by atoms with Crippen LogP contribution in [0.2, 0.25) is 9.36 Å². The molecule has 3 heterocycles. The van der Waals surface area contributed by atoms with Gasteiger partial charge >= 0.3 is 5.97 Å². The van der Waals surface area contributed by atoms with Crippen LogP contribution in [0.25, 0.3) is 0 Å². The molecule has 30 heavy (non-hydrogen) atoms. The van der Waals surface area contributed by atoms with E-state index in [2.05, 4.69) is 10.3 Å². The van der Waals surface area contributed by atoms with E-state index in [1.807, 2.05) is 0 Å². The van der Waals surface area contributed by atoms with Gasteiger partial charge in [-0.25, -0.2) is 9.48 Å². The molecule has 0 unspecified atom stereocenters. The molecule has 0 fully saturated rings. The molecule has 0 aliphatic carbocycles. The van der Waals surface area contributed by atoms with Crippen LogP contribution < -0.4 is 0 Å². The summed E-state index contributed by atoms with van der Waals surface area (Å²) in [4.78, 5) is 26.3. The second kappa shape index (κ2) is 9.61. The summed E-state index contributed by atoms with van der Waals surface area (Å²) in [6, 6.07) is 1.56. The van der Waals surface area contributed by atoms with E-state index in [1.54, 1.807) is 31.2 Å². The zero-order valence-corrected chi connectivity index (χ0v) is 18.4. The van der Waals surface area contributed by atoms with Gasteiger partial charge in [-0.1, -0.05) is 28.4 Å². The smallest absolute Gasteiger partial charge is 0.372 e. The van der Waals surface area contributed by atoms with Crippen molar-refractivity contribution in [2.75, 3.05) is 20.3 Å². The summed E-state index contributed by atoms with van der Waals surface area (Å²) in [5, 5.41) is 17.6. The van der Waals surface area contributed by atoms with E-state index in [0.717, 1.165) is 11.3 Å². The van der Waals surface area contributed by atoms with E-state index in [9.17, 15) is 9.59 Å². The number of thiophene rings is 1. The largest absolute Gasteiger partial charge is 0.475 e. The van der Waals surface area contributed by atoms with Gasteiger partial charge in [0.05, 0.1) is 42.1 Å². The summed E-state index contributed by atoms with van der Waals surface area (Å²) in [6.07, 6.45) is 2.95. The van der Waals surface area contributed by atoms with Crippen LogP contribution in [0.5, 0.6) is 0 Å². The molecule has 9 nitrogen and oxygen atoms in total. The third-order valence-electron chi connectivity index (χ3n) is 4.29. The molecule has 0 spiro atoms. The molecule has 3 aromatic heterocycles. The Bertz CT molecular complexity index is 1060. The van der Waals surface area contributed by atoms with Crippen LogP contribution >= 0.6 is 34.5 Å². The highest BCUT2D eigenvalue weighted by molar-refractivity contribution is 7.18. The summed E-state index contributed by atoms with van der Waals surface area (Å²) in [6.45, 7) is 2.77.